The van der Waals surface area contributed by atoms with Crippen LogP contribution < -0.4 is 19.5 Å². The number of nitrogens with one attached hydrogen (secondary N) is 1. The topological polar surface area (TPSA) is 147 Å². The van der Waals surface area contributed by atoms with E-state index in [9.17, 15) is 24.7 Å². The lowest BCUT2D eigenvalue weighted by Crippen LogP contribution is -2.46. The van der Waals surface area contributed by atoms with Gasteiger partial charge in [0.2, 0.25) is 0 Å². The molecule has 0 saturated heterocycles. The number of nitrogens with zero attached hydrogens (tertiary/aromatic N) is 2. The van der Waals surface area contributed by atoms with Crippen LogP contribution in [0.3, 0.4) is 0 Å². The van der Waals surface area contributed by atoms with E-state index < -0.39 is 23.3 Å². The number of rotatable bonds is 8. The van der Waals surface area contributed by atoms with Crippen LogP contribution in [0.2, 0.25) is 0 Å². The number of methoxy groups -OCH3 is 1. The third kappa shape index (κ3) is 8.75. The number of aliphatic hydroxyl groups is 1. The molecule has 47 heavy (non-hydrogen) atoms. The van der Waals surface area contributed by atoms with Crippen molar-refractivity contribution in [1.82, 2.24) is 10.3 Å². The van der Waals surface area contributed by atoms with E-state index in [2.05, 4.69) is 17.5 Å². The van der Waals surface area contributed by atoms with Gasteiger partial charge < -0.3 is 29.7 Å². The first-order chi connectivity index (χ1) is 22.2. The summed E-state index contributed by atoms with van der Waals surface area (Å²) in [4.78, 5) is 35.1. The number of ether oxygens (including phenoxy) is 3. The number of aromatic hydroxyl groups is 1. The highest BCUT2D eigenvalue weighted by Gasteiger charge is 2.36. The van der Waals surface area contributed by atoms with Gasteiger partial charge >= 0.3 is 6.03 Å². The van der Waals surface area contributed by atoms with E-state index in [1.165, 1.54) is 6.07 Å². The molecule has 2 aromatic carbocycles. The lowest BCUT2D eigenvalue weighted by molar-refractivity contribution is -0.0412. The summed E-state index contributed by atoms with van der Waals surface area (Å²) in [5.74, 6) is 2.32. The molecule has 3 aliphatic rings. The lowest BCUT2D eigenvalue weighted by Gasteiger charge is -2.37. The molecule has 0 spiro atoms. The number of urea groups is 1. The maximum atomic E-state index is 13.1. The number of alkyl halides is 1. The Morgan fingerprint density at radius 1 is 1.11 bits per heavy atom. The van der Waals surface area contributed by atoms with Gasteiger partial charge in [0.25, 0.3) is 0 Å². The predicted octanol–water partition coefficient (Wildman–Crippen LogP) is 6.58. The van der Waals surface area contributed by atoms with Gasteiger partial charge in [-0.25, -0.2) is 4.79 Å². The zero-order valence-electron chi connectivity index (χ0n) is 28.0. The molecule has 1 atom stereocenters. The summed E-state index contributed by atoms with van der Waals surface area (Å²) >= 11 is 5.46. The number of carbonyl (C=O) groups is 2. The molecule has 1 aliphatic carbocycles. The van der Waals surface area contributed by atoms with E-state index >= 15 is 0 Å². The summed E-state index contributed by atoms with van der Waals surface area (Å²) in [5, 5.41) is 27.1. The normalized spacial score (nSPS) is 21.7. The van der Waals surface area contributed by atoms with Gasteiger partial charge in [-0.15, -0.1) is 16.5 Å². The number of amides is 2. The first-order valence-corrected chi connectivity index (χ1v) is 16.5. The number of carbonyl (C=O) groups excluding carboxylic acids is 2. The highest BCUT2D eigenvalue weighted by Crippen LogP contribution is 2.41. The lowest BCUT2D eigenvalue weighted by atomic mass is 9.87. The zero-order valence-corrected chi connectivity index (χ0v) is 28.7. The molecule has 2 amide bonds. The van der Waals surface area contributed by atoms with E-state index in [1.807, 2.05) is 38.1 Å². The van der Waals surface area contributed by atoms with Crippen LogP contribution in [0.5, 0.6) is 23.0 Å². The quantitative estimate of drug-likeness (QED) is 0.123. The Labute approximate surface area is 281 Å². The van der Waals surface area contributed by atoms with E-state index in [-0.39, 0.29) is 42.0 Å². The van der Waals surface area contributed by atoms with Gasteiger partial charge in [-0.3, -0.25) is 4.79 Å². The number of fused-ring (bicyclic) bond motifs is 2. The minimum Gasteiger partial charge on any atom is -0.507 e. The Kier molecular flexibility index (Phi) is 11.4. The van der Waals surface area contributed by atoms with Crippen molar-refractivity contribution >= 4 is 29.5 Å². The average molecular weight is 672 g/mol. The van der Waals surface area contributed by atoms with Crippen molar-refractivity contribution in [1.29, 1.82) is 0 Å². The van der Waals surface area contributed by atoms with Gasteiger partial charge in [0.15, 0.2) is 5.78 Å². The van der Waals surface area contributed by atoms with Crippen molar-refractivity contribution in [3.8, 4) is 23.0 Å². The highest BCUT2D eigenvalue weighted by atomic mass is 35.5. The molecule has 2 aromatic rings. The average Bonchev–Trinajstić information content (AvgIpc) is 3.01. The molecular weight excluding hydrogens is 626 g/mol. The van der Waals surface area contributed by atoms with E-state index in [0.29, 0.717) is 34.8 Å². The number of hydrogen-bond acceptors (Lipinski definition) is 9. The third-order valence-corrected chi connectivity index (χ3v) is 9.03. The van der Waals surface area contributed by atoms with Crippen molar-refractivity contribution in [3.63, 3.8) is 0 Å². The standard InChI is InChI=1S/C25H28O6.C10H18ClN3O2/c1-24(2)9-8-16-20(30-24)7-6-14(23(16)29-5)11-18(26)17-10-15-12-22(28)25(3,4)31-21(15)13-19(17)27;1-8-2-4-9(5-3-8)12-10(15)14(13-16)7-6-11/h6-10,13,22,27-28H,11-12H2,1-5H3;8-9H,2-7H2,1H3,(H,12,15). The van der Waals surface area contributed by atoms with E-state index in [0.717, 1.165) is 42.2 Å². The van der Waals surface area contributed by atoms with Crippen LogP contribution in [-0.2, 0) is 12.8 Å². The number of phenols is 1. The number of phenolic OH excluding ortho intramolecular Hbond substituents is 1. The Balaban J connectivity index is 0.000000264. The largest absolute Gasteiger partial charge is 0.507 e. The van der Waals surface area contributed by atoms with Gasteiger partial charge in [0.1, 0.15) is 34.2 Å². The summed E-state index contributed by atoms with van der Waals surface area (Å²) in [7, 11) is 1.56. The van der Waals surface area contributed by atoms with Crippen molar-refractivity contribution in [3.05, 3.63) is 57.5 Å². The zero-order chi connectivity index (χ0) is 34.5. The summed E-state index contributed by atoms with van der Waals surface area (Å²) in [5.41, 5.74) is 1.22. The van der Waals surface area contributed by atoms with Crippen molar-refractivity contribution in [2.45, 2.75) is 96.5 Å². The molecular formula is C35H46ClN3O8. The van der Waals surface area contributed by atoms with Gasteiger partial charge in [-0.2, -0.15) is 5.01 Å². The van der Waals surface area contributed by atoms with Crippen molar-refractivity contribution in [2.24, 2.45) is 11.2 Å². The number of ketones is 1. The fourth-order valence-corrected chi connectivity index (χ4v) is 6.09. The van der Waals surface area contributed by atoms with Crippen LogP contribution in [0.4, 0.5) is 4.79 Å². The smallest absolute Gasteiger partial charge is 0.340 e. The summed E-state index contributed by atoms with van der Waals surface area (Å²) in [6.07, 6.45) is 7.78. The fourth-order valence-electron chi connectivity index (χ4n) is 5.93. The molecule has 256 valence electrons. The Morgan fingerprint density at radius 3 is 2.45 bits per heavy atom. The fraction of sp³-hybridized carbons (Fsp3) is 0.543. The summed E-state index contributed by atoms with van der Waals surface area (Å²) < 4.78 is 17.4. The van der Waals surface area contributed by atoms with Crippen LogP contribution in [0.25, 0.3) is 6.08 Å². The number of benzene rings is 2. The molecule has 12 heteroatoms. The Hall–Kier alpha value is -3.83. The molecule has 0 bridgehead atoms. The van der Waals surface area contributed by atoms with E-state index in [1.54, 1.807) is 27.0 Å². The molecule has 1 fully saturated rings. The Bertz CT molecular complexity index is 1500. The first kappa shape index (κ1) is 36.0. The molecule has 3 N–H and O–H groups in total. The Morgan fingerprint density at radius 2 is 1.81 bits per heavy atom. The molecule has 2 aliphatic heterocycles. The van der Waals surface area contributed by atoms with Gasteiger partial charge in [-0.05, 0) is 89.1 Å². The monoisotopic (exact) mass is 671 g/mol. The van der Waals surface area contributed by atoms with Crippen LogP contribution >= 0.6 is 11.6 Å². The number of halogens is 1. The van der Waals surface area contributed by atoms with Crippen LogP contribution in [0.15, 0.2) is 35.6 Å². The number of aliphatic hydroxyl groups excluding tert-OH is 1. The van der Waals surface area contributed by atoms with E-state index in [4.69, 9.17) is 25.8 Å². The van der Waals surface area contributed by atoms with Crippen LogP contribution in [0, 0.1) is 10.8 Å². The second kappa shape index (κ2) is 14.9. The van der Waals surface area contributed by atoms with Crippen LogP contribution in [0.1, 0.15) is 87.4 Å². The van der Waals surface area contributed by atoms with Crippen molar-refractivity contribution < 1.29 is 34.0 Å². The maximum Gasteiger partial charge on any atom is 0.340 e. The second-order valence-corrected chi connectivity index (χ2v) is 13.9. The van der Waals surface area contributed by atoms with Gasteiger partial charge in [0.05, 0.1) is 36.2 Å². The summed E-state index contributed by atoms with van der Waals surface area (Å²) in [6.45, 7) is 9.88. The number of hydrogen-bond donors (Lipinski definition) is 3. The molecule has 5 rings (SSSR count). The number of Topliss-reactive ketones (excluding diaryl/α,β-unsaturated/α-hetero) is 1. The predicted molar refractivity (Wildman–Crippen MR) is 180 cm³/mol. The minimum absolute atomic E-state index is 0.0505. The summed E-state index contributed by atoms with van der Waals surface area (Å²) in [6, 6.07) is 6.46. The second-order valence-electron chi connectivity index (χ2n) is 13.5. The molecule has 0 radical (unpaired) electrons. The van der Waals surface area contributed by atoms with Gasteiger partial charge in [0, 0.05) is 36.4 Å². The molecule has 2 heterocycles. The molecule has 0 aromatic heterocycles. The molecule has 1 unspecified atom stereocenters. The number of nitroso groups, excluding NO2 is 1. The third-order valence-electron chi connectivity index (χ3n) is 8.86. The van der Waals surface area contributed by atoms with Crippen LogP contribution in [-0.4, -0.2) is 69.9 Å². The highest BCUT2D eigenvalue weighted by molar-refractivity contribution is 6.18. The first-order valence-electron chi connectivity index (χ1n) is 16.0. The molecule has 11 nitrogen and oxygen atoms in total. The maximum absolute atomic E-state index is 13.1. The SMILES string of the molecule is CC1CCC(NC(=O)N(CCCl)N=O)CC1.COc1c(CC(=O)c2cc3c(cc2O)OC(C)(C)C(O)C3)ccc2c1C=CC(C)(C)O2. The molecule has 1 saturated carbocycles. The van der Waals surface area contributed by atoms with Gasteiger partial charge in [-0.1, -0.05) is 13.0 Å². The van der Waals surface area contributed by atoms with Crippen molar-refractivity contribution in [2.75, 3.05) is 19.5 Å². The minimum atomic E-state index is -0.758.